The summed E-state index contributed by atoms with van der Waals surface area (Å²) in [6.07, 6.45) is 0. The van der Waals surface area contributed by atoms with E-state index in [2.05, 4.69) is 38.2 Å². The van der Waals surface area contributed by atoms with E-state index < -0.39 is 0 Å². The minimum Gasteiger partial charge on any atom is -0.486 e. The number of ether oxygens (including phenoxy) is 2. The molecule has 2 aromatic carbocycles. The van der Waals surface area contributed by atoms with Crippen molar-refractivity contribution in [1.29, 1.82) is 0 Å². The van der Waals surface area contributed by atoms with Crippen LogP contribution in [-0.4, -0.2) is 24.9 Å². The fraction of sp³-hybridized carbons (Fsp3) is 0.316. The second-order valence-corrected chi connectivity index (χ2v) is 6.91. The molecule has 0 bridgehead atoms. The summed E-state index contributed by atoms with van der Waals surface area (Å²) in [6, 6.07) is 9.76. The first kappa shape index (κ1) is 16.7. The fourth-order valence-corrected chi connectivity index (χ4v) is 3.77. The molecular formula is C19H21NO3S. The molecule has 5 heteroatoms. The van der Waals surface area contributed by atoms with Crippen molar-refractivity contribution in [2.24, 2.45) is 0 Å². The molecule has 1 aliphatic rings. The van der Waals surface area contributed by atoms with Crippen LogP contribution in [0.25, 0.3) is 0 Å². The molecule has 0 saturated carbocycles. The van der Waals surface area contributed by atoms with Crippen LogP contribution in [0.4, 0.5) is 5.69 Å². The highest BCUT2D eigenvalue weighted by molar-refractivity contribution is 8.00. The number of benzene rings is 2. The number of hydrogen-bond acceptors (Lipinski definition) is 4. The highest BCUT2D eigenvalue weighted by Gasteiger charge is 2.13. The summed E-state index contributed by atoms with van der Waals surface area (Å²) >= 11 is 1.57. The van der Waals surface area contributed by atoms with Crippen LogP contribution in [0.1, 0.15) is 16.7 Å². The van der Waals surface area contributed by atoms with Gasteiger partial charge in [0.15, 0.2) is 11.5 Å². The standard InChI is InChI=1S/C19H21NO3S/c1-12-8-13(2)19(14(3)9-12)24-11-18(21)20-15-4-5-16-17(10-15)23-7-6-22-16/h4-5,8-10H,6-7,11H2,1-3H3,(H,20,21). The summed E-state index contributed by atoms with van der Waals surface area (Å²) in [5, 5.41) is 2.92. The van der Waals surface area contributed by atoms with Crippen LogP contribution >= 0.6 is 11.8 Å². The molecule has 0 fully saturated rings. The van der Waals surface area contributed by atoms with E-state index >= 15 is 0 Å². The number of hydrogen-bond donors (Lipinski definition) is 1. The van der Waals surface area contributed by atoms with E-state index in [0.29, 0.717) is 24.7 Å². The van der Waals surface area contributed by atoms with Crippen molar-refractivity contribution in [2.75, 3.05) is 24.3 Å². The lowest BCUT2D eigenvalue weighted by atomic mass is 10.1. The highest BCUT2D eigenvalue weighted by atomic mass is 32.2. The van der Waals surface area contributed by atoms with Crippen LogP contribution < -0.4 is 14.8 Å². The lowest BCUT2D eigenvalue weighted by molar-refractivity contribution is -0.113. The summed E-state index contributed by atoms with van der Waals surface area (Å²) in [7, 11) is 0. The Bertz CT molecular complexity index is 750. The predicted octanol–water partition coefficient (Wildman–Crippen LogP) is 4.11. The summed E-state index contributed by atoms with van der Waals surface area (Å²) in [5.41, 5.74) is 4.39. The molecule has 0 unspecified atom stereocenters. The fourth-order valence-electron chi connectivity index (χ4n) is 2.85. The van der Waals surface area contributed by atoms with E-state index in [9.17, 15) is 4.79 Å². The molecule has 0 radical (unpaired) electrons. The molecule has 1 amide bonds. The van der Waals surface area contributed by atoms with Crippen molar-refractivity contribution >= 4 is 23.4 Å². The van der Waals surface area contributed by atoms with Gasteiger partial charge in [-0.1, -0.05) is 17.7 Å². The monoisotopic (exact) mass is 343 g/mol. The molecule has 0 saturated heterocycles. The Kier molecular flexibility index (Phi) is 5.00. The van der Waals surface area contributed by atoms with Gasteiger partial charge in [0.25, 0.3) is 0 Å². The largest absolute Gasteiger partial charge is 0.486 e. The molecule has 24 heavy (non-hydrogen) atoms. The molecule has 0 aromatic heterocycles. The Morgan fingerprint density at radius 2 is 1.71 bits per heavy atom. The molecular weight excluding hydrogens is 322 g/mol. The zero-order chi connectivity index (χ0) is 17.1. The topological polar surface area (TPSA) is 47.6 Å². The number of thioether (sulfide) groups is 1. The Morgan fingerprint density at radius 1 is 1.04 bits per heavy atom. The number of anilines is 1. The first-order valence-electron chi connectivity index (χ1n) is 7.93. The average Bonchev–Trinajstić information content (AvgIpc) is 2.53. The maximum absolute atomic E-state index is 12.2. The molecule has 0 atom stereocenters. The van der Waals surface area contributed by atoms with Crippen LogP contribution in [0.3, 0.4) is 0 Å². The van der Waals surface area contributed by atoms with Crippen LogP contribution in [0.2, 0.25) is 0 Å². The van der Waals surface area contributed by atoms with E-state index in [1.54, 1.807) is 17.8 Å². The molecule has 0 spiro atoms. The predicted molar refractivity (Wildman–Crippen MR) is 97.4 cm³/mol. The molecule has 1 aliphatic heterocycles. The van der Waals surface area contributed by atoms with Crippen molar-refractivity contribution in [1.82, 2.24) is 0 Å². The van der Waals surface area contributed by atoms with Gasteiger partial charge in [0, 0.05) is 16.6 Å². The molecule has 0 aliphatic carbocycles. The van der Waals surface area contributed by atoms with E-state index in [-0.39, 0.29) is 5.91 Å². The molecule has 126 valence electrons. The zero-order valence-electron chi connectivity index (χ0n) is 14.1. The third-order valence-electron chi connectivity index (χ3n) is 3.78. The van der Waals surface area contributed by atoms with Crippen LogP contribution in [0.5, 0.6) is 11.5 Å². The number of aryl methyl sites for hydroxylation is 3. The summed E-state index contributed by atoms with van der Waals surface area (Å²) in [6.45, 7) is 7.35. The number of amides is 1. The third kappa shape index (κ3) is 3.85. The Hall–Kier alpha value is -2.14. The summed E-state index contributed by atoms with van der Waals surface area (Å²) in [5.74, 6) is 1.74. The normalized spacial score (nSPS) is 12.8. The lowest BCUT2D eigenvalue weighted by Crippen LogP contribution is -2.17. The SMILES string of the molecule is Cc1cc(C)c(SCC(=O)Nc2ccc3c(c2)OCCO3)c(C)c1. The van der Waals surface area contributed by atoms with Gasteiger partial charge in [-0.2, -0.15) is 0 Å². The van der Waals surface area contributed by atoms with Crippen LogP contribution in [-0.2, 0) is 4.79 Å². The van der Waals surface area contributed by atoms with Gasteiger partial charge >= 0.3 is 0 Å². The van der Waals surface area contributed by atoms with E-state index in [1.807, 2.05) is 12.1 Å². The smallest absolute Gasteiger partial charge is 0.234 e. The Balaban J connectivity index is 1.62. The van der Waals surface area contributed by atoms with E-state index in [0.717, 1.165) is 11.4 Å². The number of fused-ring (bicyclic) bond motifs is 1. The van der Waals surface area contributed by atoms with Gasteiger partial charge in [0.05, 0.1) is 5.75 Å². The quantitative estimate of drug-likeness (QED) is 0.849. The van der Waals surface area contributed by atoms with Crippen molar-refractivity contribution in [2.45, 2.75) is 25.7 Å². The van der Waals surface area contributed by atoms with Gasteiger partial charge in [-0.3, -0.25) is 4.79 Å². The second-order valence-electron chi connectivity index (χ2n) is 5.92. The van der Waals surface area contributed by atoms with Gasteiger partial charge < -0.3 is 14.8 Å². The van der Waals surface area contributed by atoms with E-state index in [1.165, 1.54) is 21.6 Å². The van der Waals surface area contributed by atoms with Gasteiger partial charge in [-0.25, -0.2) is 0 Å². The third-order valence-corrected chi connectivity index (χ3v) is 5.12. The minimum atomic E-state index is -0.0314. The van der Waals surface area contributed by atoms with Crippen LogP contribution in [0, 0.1) is 20.8 Å². The van der Waals surface area contributed by atoms with Gasteiger partial charge in [-0.05, 0) is 44.0 Å². The Labute approximate surface area is 146 Å². The molecule has 2 aromatic rings. The number of rotatable bonds is 4. The minimum absolute atomic E-state index is 0.0314. The van der Waals surface area contributed by atoms with Gasteiger partial charge in [-0.15, -0.1) is 11.8 Å². The Morgan fingerprint density at radius 3 is 2.42 bits per heavy atom. The highest BCUT2D eigenvalue weighted by Crippen LogP contribution is 2.33. The van der Waals surface area contributed by atoms with Crippen molar-refractivity contribution < 1.29 is 14.3 Å². The first-order valence-corrected chi connectivity index (χ1v) is 8.91. The summed E-state index contributed by atoms with van der Waals surface area (Å²) < 4.78 is 11.0. The molecule has 3 rings (SSSR count). The maximum Gasteiger partial charge on any atom is 0.234 e. The molecule has 1 heterocycles. The van der Waals surface area contributed by atoms with Gasteiger partial charge in [0.1, 0.15) is 13.2 Å². The van der Waals surface area contributed by atoms with Crippen molar-refractivity contribution in [3.8, 4) is 11.5 Å². The van der Waals surface area contributed by atoms with Crippen LogP contribution in [0.15, 0.2) is 35.2 Å². The number of carbonyl (C=O) groups is 1. The second kappa shape index (κ2) is 7.18. The zero-order valence-corrected chi connectivity index (χ0v) is 15.0. The number of carbonyl (C=O) groups excluding carboxylic acids is 1. The number of nitrogens with one attached hydrogen (secondary N) is 1. The van der Waals surface area contributed by atoms with Crippen molar-refractivity contribution in [3.05, 3.63) is 47.0 Å². The molecule has 4 nitrogen and oxygen atoms in total. The lowest BCUT2D eigenvalue weighted by Gasteiger charge is -2.19. The average molecular weight is 343 g/mol. The van der Waals surface area contributed by atoms with Crippen molar-refractivity contribution in [3.63, 3.8) is 0 Å². The van der Waals surface area contributed by atoms with E-state index in [4.69, 9.17) is 9.47 Å². The summed E-state index contributed by atoms with van der Waals surface area (Å²) in [4.78, 5) is 13.4. The molecule has 1 N–H and O–H groups in total. The van der Waals surface area contributed by atoms with Gasteiger partial charge in [0.2, 0.25) is 5.91 Å². The first-order chi connectivity index (χ1) is 11.5. The maximum atomic E-state index is 12.2.